The Balaban J connectivity index is 2.47. The molecule has 14 heavy (non-hydrogen) atoms. The maximum Gasteiger partial charge on any atom is 0.114 e. The van der Waals surface area contributed by atoms with E-state index < -0.39 is 0 Å². The van der Waals surface area contributed by atoms with E-state index in [1.165, 1.54) is 0 Å². The molecule has 0 aliphatic heterocycles. The van der Waals surface area contributed by atoms with Crippen LogP contribution >= 0.6 is 11.6 Å². The van der Waals surface area contributed by atoms with E-state index in [0.29, 0.717) is 10.9 Å². The smallest absolute Gasteiger partial charge is 0.114 e. The molecule has 0 saturated carbocycles. The topological polar surface area (TPSA) is 30.7 Å². The van der Waals surface area contributed by atoms with E-state index in [1.807, 2.05) is 22.9 Å². The minimum Gasteiger partial charge on any atom is -0.244 e. The average Bonchev–Trinajstić information content (AvgIpc) is 2.47. The largest absolute Gasteiger partial charge is 0.244 e. The molecule has 1 aromatic heterocycles. The fourth-order valence-electron chi connectivity index (χ4n) is 1.43. The number of hydrogen-bond acceptors (Lipinski definition) is 2. The summed E-state index contributed by atoms with van der Waals surface area (Å²) in [5.41, 5.74) is 1.90. The van der Waals surface area contributed by atoms with Crippen LogP contribution in [0.5, 0.6) is 0 Å². The predicted octanol–water partition coefficient (Wildman–Crippen LogP) is 2.74. The highest BCUT2D eigenvalue weighted by Gasteiger charge is 2.05. The van der Waals surface area contributed by atoms with Crippen LogP contribution in [0.4, 0.5) is 0 Å². The molecule has 0 saturated heterocycles. The molecule has 1 heterocycles. The summed E-state index contributed by atoms with van der Waals surface area (Å²) in [7, 11) is 0. The fraction of sp³-hybridized carbons (Fsp3) is 0.400. The molecule has 0 fully saturated rings. The van der Waals surface area contributed by atoms with Crippen LogP contribution < -0.4 is 0 Å². The number of hydrogen-bond donors (Lipinski definition) is 0. The normalized spacial score (nSPS) is 11.4. The first-order chi connectivity index (χ1) is 6.66. The van der Waals surface area contributed by atoms with Gasteiger partial charge in [0.15, 0.2) is 0 Å². The van der Waals surface area contributed by atoms with Crippen LogP contribution in [0.2, 0.25) is 5.02 Å². The van der Waals surface area contributed by atoms with Crippen LogP contribution in [0.3, 0.4) is 0 Å². The van der Waals surface area contributed by atoms with Gasteiger partial charge in [0, 0.05) is 11.6 Å². The Morgan fingerprint density at radius 2 is 2.21 bits per heavy atom. The second-order valence-corrected chi connectivity index (χ2v) is 4.23. The number of halogens is 1. The van der Waals surface area contributed by atoms with Crippen LogP contribution in [0.1, 0.15) is 13.8 Å². The van der Waals surface area contributed by atoms with E-state index in [0.717, 1.165) is 17.6 Å². The molecular weight excluding hydrogens is 198 g/mol. The summed E-state index contributed by atoms with van der Waals surface area (Å²) in [6, 6.07) is 5.66. The second-order valence-electron chi connectivity index (χ2n) is 3.80. The summed E-state index contributed by atoms with van der Waals surface area (Å²) in [4.78, 5) is 0. The van der Waals surface area contributed by atoms with Gasteiger partial charge in [-0.15, -0.1) is 5.10 Å². The zero-order valence-corrected chi connectivity index (χ0v) is 8.99. The molecule has 0 aliphatic carbocycles. The Hall–Kier alpha value is -1.09. The third-order valence-electron chi connectivity index (χ3n) is 2.01. The van der Waals surface area contributed by atoms with Gasteiger partial charge in [0.2, 0.25) is 0 Å². The van der Waals surface area contributed by atoms with E-state index in [-0.39, 0.29) is 0 Å². The van der Waals surface area contributed by atoms with Crippen molar-refractivity contribution in [2.45, 2.75) is 20.4 Å². The van der Waals surface area contributed by atoms with Crippen molar-refractivity contribution in [2.75, 3.05) is 0 Å². The van der Waals surface area contributed by atoms with Crippen molar-refractivity contribution in [2.24, 2.45) is 5.92 Å². The molecule has 0 amide bonds. The number of fused-ring (bicyclic) bond motifs is 1. The first-order valence-corrected chi connectivity index (χ1v) is 5.03. The summed E-state index contributed by atoms with van der Waals surface area (Å²) in [6.07, 6.45) is 0. The van der Waals surface area contributed by atoms with Crippen LogP contribution in [-0.2, 0) is 6.54 Å². The first-order valence-electron chi connectivity index (χ1n) is 4.65. The monoisotopic (exact) mass is 209 g/mol. The highest BCUT2D eigenvalue weighted by molar-refractivity contribution is 6.31. The maximum atomic E-state index is 5.86. The van der Waals surface area contributed by atoms with E-state index in [1.54, 1.807) is 0 Å². The van der Waals surface area contributed by atoms with Crippen LogP contribution in [-0.4, -0.2) is 15.0 Å². The summed E-state index contributed by atoms with van der Waals surface area (Å²) < 4.78 is 1.91. The summed E-state index contributed by atoms with van der Waals surface area (Å²) in [5.74, 6) is 0.565. The molecule has 3 nitrogen and oxygen atoms in total. The first kappa shape index (κ1) is 9.46. The maximum absolute atomic E-state index is 5.86. The summed E-state index contributed by atoms with van der Waals surface area (Å²) >= 11 is 5.86. The van der Waals surface area contributed by atoms with Crippen LogP contribution in [0.25, 0.3) is 11.0 Å². The Labute approximate surface area is 87.7 Å². The van der Waals surface area contributed by atoms with Crippen molar-refractivity contribution in [3.05, 3.63) is 23.2 Å². The number of aromatic nitrogens is 3. The molecular formula is C10H12ClN3. The molecule has 0 atom stereocenters. The van der Waals surface area contributed by atoms with Gasteiger partial charge in [-0.2, -0.15) is 0 Å². The Morgan fingerprint density at radius 1 is 1.43 bits per heavy atom. The molecule has 0 aliphatic rings. The quantitative estimate of drug-likeness (QED) is 0.762. The zero-order valence-electron chi connectivity index (χ0n) is 8.24. The molecule has 0 N–H and O–H groups in total. The minimum atomic E-state index is 0.565. The van der Waals surface area contributed by atoms with Crippen molar-refractivity contribution in [3.63, 3.8) is 0 Å². The molecule has 2 aromatic rings. The van der Waals surface area contributed by atoms with Crippen molar-refractivity contribution >= 4 is 22.6 Å². The van der Waals surface area contributed by atoms with Crippen molar-refractivity contribution in [3.8, 4) is 0 Å². The van der Waals surface area contributed by atoms with Gasteiger partial charge in [-0.05, 0) is 24.1 Å². The van der Waals surface area contributed by atoms with Gasteiger partial charge >= 0.3 is 0 Å². The Morgan fingerprint density at radius 3 is 2.93 bits per heavy atom. The predicted molar refractivity (Wildman–Crippen MR) is 57.4 cm³/mol. The van der Waals surface area contributed by atoms with E-state index >= 15 is 0 Å². The minimum absolute atomic E-state index is 0.565. The van der Waals surface area contributed by atoms with E-state index in [9.17, 15) is 0 Å². The van der Waals surface area contributed by atoms with E-state index in [2.05, 4.69) is 24.2 Å². The molecule has 74 valence electrons. The van der Waals surface area contributed by atoms with Crippen LogP contribution in [0.15, 0.2) is 18.2 Å². The number of benzene rings is 1. The number of rotatable bonds is 2. The van der Waals surface area contributed by atoms with Gasteiger partial charge < -0.3 is 0 Å². The lowest BCUT2D eigenvalue weighted by Gasteiger charge is -2.04. The van der Waals surface area contributed by atoms with Crippen molar-refractivity contribution in [1.82, 2.24) is 15.0 Å². The molecule has 4 heteroatoms. The molecule has 0 unspecified atom stereocenters. The highest BCUT2D eigenvalue weighted by atomic mass is 35.5. The average molecular weight is 210 g/mol. The van der Waals surface area contributed by atoms with E-state index in [4.69, 9.17) is 11.6 Å². The lowest BCUT2D eigenvalue weighted by molar-refractivity contribution is 0.483. The van der Waals surface area contributed by atoms with Gasteiger partial charge in [-0.25, -0.2) is 4.68 Å². The third-order valence-corrected chi connectivity index (χ3v) is 2.25. The highest BCUT2D eigenvalue weighted by Crippen LogP contribution is 2.17. The standard InChI is InChI=1S/C10H12ClN3/c1-7(2)6-14-10-4-3-8(11)5-9(10)12-13-14/h3-5,7H,6H2,1-2H3. The molecule has 0 spiro atoms. The number of nitrogens with zero attached hydrogens (tertiary/aromatic N) is 3. The van der Waals surface area contributed by atoms with Crippen molar-refractivity contribution < 1.29 is 0 Å². The van der Waals surface area contributed by atoms with Gasteiger partial charge in [0.25, 0.3) is 0 Å². The lowest BCUT2D eigenvalue weighted by atomic mass is 10.2. The molecule has 0 bridgehead atoms. The second kappa shape index (κ2) is 3.58. The lowest BCUT2D eigenvalue weighted by Crippen LogP contribution is -2.05. The Kier molecular flexibility index (Phi) is 2.42. The zero-order chi connectivity index (χ0) is 10.1. The van der Waals surface area contributed by atoms with Gasteiger partial charge in [-0.3, -0.25) is 0 Å². The van der Waals surface area contributed by atoms with Crippen molar-refractivity contribution in [1.29, 1.82) is 0 Å². The SMILES string of the molecule is CC(C)Cn1nnc2cc(Cl)ccc21. The third kappa shape index (κ3) is 1.73. The molecule has 2 rings (SSSR count). The summed E-state index contributed by atoms with van der Waals surface area (Å²) in [6.45, 7) is 5.20. The van der Waals surface area contributed by atoms with Gasteiger partial charge in [-0.1, -0.05) is 30.7 Å². The fourth-order valence-corrected chi connectivity index (χ4v) is 1.59. The van der Waals surface area contributed by atoms with Crippen LogP contribution in [0, 0.1) is 5.92 Å². The Bertz CT molecular complexity index is 448. The van der Waals surface area contributed by atoms with Gasteiger partial charge in [0.05, 0.1) is 5.52 Å². The van der Waals surface area contributed by atoms with Gasteiger partial charge in [0.1, 0.15) is 5.52 Å². The molecule has 0 radical (unpaired) electrons. The summed E-state index contributed by atoms with van der Waals surface area (Å²) in [5, 5.41) is 8.85. The molecule has 1 aromatic carbocycles.